The molecule has 0 saturated heterocycles. The van der Waals surface area contributed by atoms with Crippen LogP contribution < -0.4 is 0 Å². The molecule has 0 radical (unpaired) electrons. The molecule has 0 N–H and O–H groups in total. The summed E-state index contributed by atoms with van der Waals surface area (Å²) in [4.78, 5) is 11.7. The highest BCUT2D eigenvalue weighted by atomic mass is 16.5. The smallest absolute Gasteiger partial charge is 0.311 e. The lowest BCUT2D eigenvalue weighted by atomic mass is 9.81. The van der Waals surface area contributed by atoms with Gasteiger partial charge in [0, 0.05) is 0 Å². The van der Waals surface area contributed by atoms with Gasteiger partial charge in [0.05, 0.1) is 12.5 Å². The Morgan fingerprint density at radius 1 is 1.10 bits per heavy atom. The van der Waals surface area contributed by atoms with E-state index in [1.807, 2.05) is 13.8 Å². The number of esters is 1. The summed E-state index contributed by atoms with van der Waals surface area (Å²) in [6.07, 6.45) is 7.80. The summed E-state index contributed by atoms with van der Waals surface area (Å²) in [5, 5.41) is 0. The van der Waals surface area contributed by atoms with Crippen molar-refractivity contribution < 1.29 is 9.53 Å². The van der Waals surface area contributed by atoms with Crippen molar-refractivity contribution in [2.75, 3.05) is 7.11 Å². The maximum absolute atomic E-state index is 11.7. The summed E-state index contributed by atoms with van der Waals surface area (Å²) in [6, 6.07) is 0. The highest BCUT2D eigenvalue weighted by molar-refractivity contribution is 5.75. The normalized spacial score (nSPS) is 16.2. The number of carbonyl (C=O) groups excluding carboxylic acids is 1. The van der Waals surface area contributed by atoms with Crippen LogP contribution in [-0.4, -0.2) is 13.1 Å². The Kier molecular flexibility index (Phi) is 7.54. The van der Waals surface area contributed by atoms with Gasteiger partial charge in [0.2, 0.25) is 0 Å². The zero-order valence-corrected chi connectivity index (χ0v) is 14.7. The first kappa shape index (κ1) is 19.2. The number of ether oxygens (including phenoxy) is 1. The molecular formula is C18H34O2. The summed E-state index contributed by atoms with van der Waals surface area (Å²) in [5.41, 5.74) is -0.0518. The van der Waals surface area contributed by atoms with Gasteiger partial charge in [-0.15, -0.1) is 0 Å². The van der Waals surface area contributed by atoms with E-state index in [2.05, 4.69) is 46.8 Å². The molecule has 118 valence electrons. The molecule has 20 heavy (non-hydrogen) atoms. The molecule has 2 heteroatoms. The molecule has 0 aliphatic rings. The SMILES string of the molecule is CCC(/C=C\C(C)CC(C)(C)C(=O)OC)CC(C)(C)C. The van der Waals surface area contributed by atoms with Crippen LogP contribution in [0.1, 0.15) is 67.7 Å². The molecule has 0 amide bonds. The van der Waals surface area contributed by atoms with Crippen LogP contribution in [0.4, 0.5) is 0 Å². The minimum absolute atomic E-state index is 0.125. The molecule has 0 bridgehead atoms. The van der Waals surface area contributed by atoms with Crippen LogP contribution in [0, 0.1) is 22.7 Å². The molecule has 0 rings (SSSR count). The minimum Gasteiger partial charge on any atom is -0.469 e. The fraction of sp³-hybridized carbons (Fsp3) is 0.833. The lowest BCUT2D eigenvalue weighted by Crippen LogP contribution is -2.27. The maximum Gasteiger partial charge on any atom is 0.311 e. The van der Waals surface area contributed by atoms with Crippen LogP contribution in [0.5, 0.6) is 0 Å². The van der Waals surface area contributed by atoms with E-state index in [0.29, 0.717) is 17.3 Å². The van der Waals surface area contributed by atoms with Crippen molar-refractivity contribution in [3.05, 3.63) is 12.2 Å². The Bertz CT molecular complexity index is 321. The van der Waals surface area contributed by atoms with E-state index in [0.717, 1.165) is 6.42 Å². The highest BCUT2D eigenvalue weighted by Gasteiger charge is 2.29. The third-order valence-corrected chi connectivity index (χ3v) is 3.68. The topological polar surface area (TPSA) is 26.3 Å². The Hall–Kier alpha value is -0.790. The van der Waals surface area contributed by atoms with E-state index in [9.17, 15) is 4.79 Å². The Labute approximate surface area is 126 Å². The molecule has 0 aliphatic carbocycles. The standard InChI is InChI=1S/C18H34O2/c1-9-15(13-17(3,4)5)11-10-14(2)12-18(6,7)16(19)20-8/h10-11,14-15H,9,12-13H2,1-8H3/b11-10-. The summed E-state index contributed by atoms with van der Waals surface area (Å²) in [7, 11) is 1.46. The fourth-order valence-corrected chi connectivity index (χ4v) is 2.71. The van der Waals surface area contributed by atoms with Crippen LogP contribution in [0.2, 0.25) is 0 Å². The van der Waals surface area contributed by atoms with E-state index >= 15 is 0 Å². The zero-order valence-electron chi connectivity index (χ0n) is 14.7. The van der Waals surface area contributed by atoms with Crippen molar-refractivity contribution in [2.45, 2.75) is 67.7 Å². The van der Waals surface area contributed by atoms with Crippen molar-refractivity contribution in [1.29, 1.82) is 0 Å². The molecule has 0 aliphatic heterocycles. The molecule has 2 atom stereocenters. The third-order valence-electron chi connectivity index (χ3n) is 3.68. The molecule has 0 spiro atoms. The average molecular weight is 282 g/mol. The summed E-state index contributed by atoms with van der Waals surface area (Å²) < 4.78 is 4.87. The van der Waals surface area contributed by atoms with Gasteiger partial charge in [0.15, 0.2) is 0 Å². The van der Waals surface area contributed by atoms with Crippen LogP contribution >= 0.6 is 0 Å². The van der Waals surface area contributed by atoms with Crippen LogP contribution in [0.25, 0.3) is 0 Å². The van der Waals surface area contributed by atoms with Gasteiger partial charge in [-0.05, 0) is 50.4 Å². The Balaban J connectivity index is 4.54. The van der Waals surface area contributed by atoms with E-state index in [1.165, 1.54) is 20.0 Å². The van der Waals surface area contributed by atoms with E-state index < -0.39 is 5.41 Å². The molecule has 0 aromatic carbocycles. The van der Waals surface area contributed by atoms with Crippen molar-refractivity contribution in [2.24, 2.45) is 22.7 Å². The second kappa shape index (κ2) is 7.85. The third kappa shape index (κ3) is 7.72. The molecule has 0 aromatic heterocycles. The first-order valence-corrected chi connectivity index (χ1v) is 7.78. The molecule has 0 aromatic rings. The Morgan fingerprint density at radius 2 is 1.65 bits per heavy atom. The fourth-order valence-electron chi connectivity index (χ4n) is 2.71. The predicted molar refractivity (Wildman–Crippen MR) is 86.6 cm³/mol. The van der Waals surface area contributed by atoms with E-state index in [1.54, 1.807) is 0 Å². The van der Waals surface area contributed by atoms with Gasteiger partial charge >= 0.3 is 5.97 Å². The van der Waals surface area contributed by atoms with Crippen LogP contribution in [-0.2, 0) is 9.53 Å². The van der Waals surface area contributed by atoms with Crippen LogP contribution in [0.15, 0.2) is 12.2 Å². The predicted octanol–water partition coefficient (Wildman–Crippen LogP) is 5.23. The number of carbonyl (C=O) groups is 1. The maximum atomic E-state index is 11.7. The zero-order chi connectivity index (χ0) is 16.0. The van der Waals surface area contributed by atoms with Gasteiger partial charge in [0.25, 0.3) is 0 Å². The minimum atomic E-state index is -0.412. The first-order valence-electron chi connectivity index (χ1n) is 7.78. The van der Waals surface area contributed by atoms with E-state index in [4.69, 9.17) is 4.74 Å². The summed E-state index contributed by atoms with van der Waals surface area (Å²) in [5.74, 6) is 0.885. The van der Waals surface area contributed by atoms with Gasteiger partial charge in [0.1, 0.15) is 0 Å². The molecule has 0 fully saturated rings. The number of hydrogen-bond donors (Lipinski definition) is 0. The molecule has 2 nitrogen and oxygen atoms in total. The van der Waals surface area contributed by atoms with Crippen LogP contribution in [0.3, 0.4) is 0 Å². The average Bonchev–Trinajstić information content (AvgIpc) is 2.31. The van der Waals surface area contributed by atoms with Crippen molar-refractivity contribution in [1.82, 2.24) is 0 Å². The molecule has 0 heterocycles. The Morgan fingerprint density at radius 3 is 2.05 bits per heavy atom. The van der Waals surface area contributed by atoms with E-state index in [-0.39, 0.29) is 5.97 Å². The molecular weight excluding hydrogens is 248 g/mol. The number of allylic oxidation sites excluding steroid dienone is 2. The highest BCUT2D eigenvalue weighted by Crippen LogP contribution is 2.30. The van der Waals surface area contributed by atoms with Crippen molar-refractivity contribution in [3.8, 4) is 0 Å². The quantitative estimate of drug-likeness (QED) is 0.472. The monoisotopic (exact) mass is 282 g/mol. The molecule has 2 unspecified atom stereocenters. The summed E-state index contributed by atoms with van der Waals surface area (Å²) in [6.45, 7) is 15.2. The first-order chi connectivity index (χ1) is 9.01. The van der Waals surface area contributed by atoms with Crippen molar-refractivity contribution >= 4 is 5.97 Å². The van der Waals surface area contributed by atoms with Gasteiger partial charge in [-0.1, -0.05) is 46.8 Å². The van der Waals surface area contributed by atoms with Gasteiger partial charge < -0.3 is 4.74 Å². The second-order valence-corrected chi connectivity index (χ2v) is 7.87. The lowest BCUT2D eigenvalue weighted by Gasteiger charge is -2.25. The number of methoxy groups -OCH3 is 1. The number of hydrogen-bond acceptors (Lipinski definition) is 2. The largest absolute Gasteiger partial charge is 0.469 e. The van der Waals surface area contributed by atoms with Gasteiger partial charge in [-0.3, -0.25) is 4.79 Å². The number of rotatable bonds is 7. The van der Waals surface area contributed by atoms with Gasteiger partial charge in [-0.2, -0.15) is 0 Å². The summed E-state index contributed by atoms with van der Waals surface area (Å²) >= 11 is 0. The van der Waals surface area contributed by atoms with Gasteiger partial charge in [-0.25, -0.2) is 0 Å². The lowest BCUT2D eigenvalue weighted by molar-refractivity contribution is -0.151. The molecule has 0 saturated carbocycles. The second-order valence-electron chi connectivity index (χ2n) is 7.87. The van der Waals surface area contributed by atoms with Crippen molar-refractivity contribution in [3.63, 3.8) is 0 Å².